The molecule has 0 radical (unpaired) electrons. The highest BCUT2D eigenvalue weighted by Gasteiger charge is 2.15. The van der Waals surface area contributed by atoms with Crippen LogP contribution in [0.5, 0.6) is 0 Å². The van der Waals surface area contributed by atoms with Gasteiger partial charge in [-0.15, -0.1) is 0 Å². The molecular weight excluding hydrogens is 341 g/mol. The average molecular weight is 352 g/mol. The van der Waals surface area contributed by atoms with Crippen LogP contribution in [0, 0.1) is 10.1 Å². The van der Waals surface area contributed by atoms with Crippen molar-refractivity contribution >= 4 is 40.5 Å². The Hall–Kier alpha value is -2.24. The first-order chi connectivity index (χ1) is 10.9. The lowest BCUT2D eigenvalue weighted by molar-refractivity contribution is -0.384. The van der Waals surface area contributed by atoms with Gasteiger partial charge in [0.1, 0.15) is 5.78 Å². The molecule has 2 aromatic rings. The summed E-state index contributed by atoms with van der Waals surface area (Å²) in [5.74, 6) is -0.708. The van der Waals surface area contributed by atoms with Gasteiger partial charge < -0.3 is 0 Å². The number of halogens is 2. The van der Waals surface area contributed by atoms with Crippen molar-refractivity contribution in [2.24, 2.45) is 0 Å². The van der Waals surface area contributed by atoms with Gasteiger partial charge in [0, 0.05) is 34.2 Å². The van der Waals surface area contributed by atoms with Gasteiger partial charge in [0.15, 0.2) is 5.78 Å². The molecular formula is C16H11Cl2NO4. The van der Waals surface area contributed by atoms with Crippen molar-refractivity contribution < 1.29 is 14.5 Å². The van der Waals surface area contributed by atoms with Crippen molar-refractivity contribution in [2.75, 3.05) is 0 Å². The van der Waals surface area contributed by atoms with Crippen molar-refractivity contribution in [3.05, 3.63) is 73.8 Å². The number of rotatable bonds is 6. The zero-order valence-electron chi connectivity index (χ0n) is 11.8. The number of benzene rings is 2. The molecule has 7 heteroatoms. The molecule has 0 aromatic heterocycles. The first-order valence-electron chi connectivity index (χ1n) is 6.60. The molecule has 5 nitrogen and oxygen atoms in total. The summed E-state index contributed by atoms with van der Waals surface area (Å²) in [7, 11) is 0. The molecule has 118 valence electrons. The lowest BCUT2D eigenvalue weighted by Gasteiger charge is -2.04. The second kappa shape index (κ2) is 7.35. The molecule has 0 atom stereocenters. The Bertz CT molecular complexity index is 772. The smallest absolute Gasteiger partial charge is 0.269 e. The molecule has 0 fully saturated rings. The minimum absolute atomic E-state index is 0.00187. The minimum atomic E-state index is -0.555. The molecule has 0 amide bonds. The third-order valence-corrected chi connectivity index (χ3v) is 3.76. The largest absolute Gasteiger partial charge is 0.299 e. The number of hydrogen-bond donors (Lipinski definition) is 0. The van der Waals surface area contributed by atoms with Crippen LogP contribution in [-0.2, 0) is 11.2 Å². The number of carbonyl (C=O) groups is 2. The molecule has 0 aliphatic carbocycles. The number of hydrogen-bond acceptors (Lipinski definition) is 4. The number of ketones is 2. The number of nitro groups is 1. The highest BCUT2D eigenvalue weighted by molar-refractivity contribution is 6.33. The summed E-state index contributed by atoms with van der Waals surface area (Å²) >= 11 is 11.8. The normalized spacial score (nSPS) is 10.3. The Morgan fingerprint density at radius 1 is 1.04 bits per heavy atom. The maximum Gasteiger partial charge on any atom is 0.269 e. The van der Waals surface area contributed by atoms with Crippen LogP contribution in [0.2, 0.25) is 10.0 Å². The second-order valence-corrected chi connectivity index (χ2v) is 5.70. The number of nitrogens with zero attached hydrogens (tertiary/aromatic N) is 1. The number of nitro benzene ring substituents is 1. The molecule has 0 unspecified atom stereocenters. The number of carbonyl (C=O) groups excluding carboxylic acids is 2. The molecule has 2 aromatic carbocycles. The average Bonchev–Trinajstić information content (AvgIpc) is 2.51. The van der Waals surface area contributed by atoms with E-state index in [0.29, 0.717) is 15.6 Å². The fourth-order valence-electron chi connectivity index (χ4n) is 2.00. The fraction of sp³-hybridized carbons (Fsp3) is 0.125. The van der Waals surface area contributed by atoms with Crippen LogP contribution in [-0.4, -0.2) is 16.5 Å². The SMILES string of the molecule is O=C(CC(=O)c1ccc([N+](=O)[O-])cc1)Cc1cc(Cl)ccc1Cl. The summed E-state index contributed by atoms with van der Waals surface area (Å²) in [5, 5.41) is 11.4. The van der Waals surface area contributed by atoms with Crippen LogP contribution in [0.15, 0.2) is 42.5 Å². The van der Waals surface area contributed by atoms with E-state index in [0.717, 1.165) is 0 Å². The quantitative estimate of drug-likeness (QED) is 0.336. The molecule has 0 bridgehead atoms. The van der Waals surface area contributed by atoms with Gasteiger partial charge >= 0.3 is 0 Å². The Morgan fingerprint density at radius 2 is 1.70 bits per heavy atom. The highest BCUT2D eigenvalue weighted by atomic mass is 35.5. The third kappa shape index (κ3) is 4.61. The van der Waals surface area contributed by atoms with Crippen molar-refractivity contribution in [3.8, 4) is 0 Å². The van der Waals surface area contributed by atoms with Crippen LogP contribution in [0.25, 0.3) is 0 Å². The fourth-order valence-corrected chi connectivity index (χ4v) is 2.38. The molecule has 23 heavy (non-hydrogen) atoms. The van der Waals surface area contributed by atoms with Gasteiger partial charge in [-0.25, -0.2) is 0 Å². The number of Topliss-reactive ketones (excluding diaryl/α,β-unsaturated/α-hetero) is 2. The lowest BCUT2D eigenvalue weighted by atomic mass is 10.0. The van der Waals surface area contributed by atoms with E-state index in [2.05, 4.69) is 0 Å². The molecule has 0 saturated carbocycles. The van der Waals surface area contributed by atoms with Crippen molar-refractivity contribution in [1.82, 2.24) is 0 Å². The summed E-state index contributed by atoms with van der Waals surface area (Å²) in [4.78, 5) is 34.0. The second-order valence-electron chi connectivity index (χ2n) is 4.86. The van der Waals surface area contributed by atoms with E-state index < -0.39 is 10.7 Å². The summed E-state index contributed by atoms with van der Waals surface area (Å²) < 4.78 is 0. The molecule has 0 saturated heterocycles. The van der Waals surface area contributed by atoms with Gasteiger partial charge in [0.05, 0.1) is 11.3 Å². The van der Waals surface area contributed by atoms with Crippen molar-refractivity contribution in [1.29, 1.82) is 0 Å². The molecule has 0 heterocycles. The van der Waals surface area contributed by atoms with E-state index in [9.17, 15) is 19.7 Å². The molecule has 2 rings (SSSR count). The van der Waals surface area contributed by atoms with Crippen molar-refractivity contribution in [2.45, 2.75) is 12.8 Å². The topological polar surface area (TPSA) is 77.3 Å². The Balaban J connectivity index is 2.03. The maximum absolute atomic E-state index is 12.0. The van der Waals surface area contributed by atoms with E-state index >= 15 is 0 Å². The van der Waals surface area contributed by atoms with Gasteiger partial charge in [-0.05, 0) is 35.9 Å². The summed E-state index contributed by atoms with van der Waals surface area (Å²) in [6.07, 6.45) is -0.307. The van der Waals surface area contributed by atoms with Crippen LogP contribution < -0.4 is 0 Å². The van der Waals surface area contributed by atoms with Crippen LogP contribution in [0.1, 0.15) is 22.3 Å². The summed E-state index contributed by atoms with van der Waals surface area (Å²) in [5.41, 5.74) is 0.695. The Labute approximate surface area is 142 Å². The Kier molecular flexibility index (Phi) is 5.47. The van der Waals surface area contributed by atoms with E-state index in [4.69, 9.17) is 23.2 Å². The lowest BCUT2D eigenvalue weighted by Crippen LogP contribution is -2.11. The standard InChI is InChI=1S/C16H11Cl2NO4/c17-12-3-6-15(18)11(7-12)8-14(20)9-16(21)10-1-4-13(5-2-10)19(22)23/h1-7H,8-9H2. The van der Waals surface area contributed by atoms with Gasteiger partial charge in [-0.1, -0.05) is 23.2 Å². The molecule has 0 spiro atoms. The van der Waals surface area contributed by atoms with Gasteiger partial charge in [0.2, 0.25) is 0 Å². The Morgan fingerprint density at radius 3 is 2.30 bits per heavy atom. The van der Waals surface area contributed by atoms with Crippen LogP contribution in [0.4, 0.5) is 5.69 Å². The summed E-state index contributed by atoms with van der Waals surface area (Å²) in [6, 6.07) is 9.90. The van der Waals surface area contributed by atoms with Crippen LogP contribution >= 0.6 is 23.2 Å². The van der Waals surface area contributed by atoms with E-state index in [-0.39, 0.29) is 29.9 Å². The monoisotopic (exact) mass is 351 g/mol. The third-order valence-electron chi connectivity index (χ3n) is 3.15. The molecule has 0 N–H and O–H groups in total. The van der Waals surface area contributed by atoms with Gasteiger partial charge in [-0.3, -0.25) is 19.7 Å². The maximum atomic E-state index is 12.0. The van der Waals surface area contributed by atoms with Gasteiger partial charge in [0.25, 0.3) is 5.69 Å². The zero-order chi connectivity index (χ0) is 17.0. The molecule has 0 aliphatic rings. The number of non-ortho nitro benzene ring substituents is 1. The predicted molar refractivity (Wildman–Crippen MR) is 87.2 cm³/mol. The highest BCUT2D eigenvalue weighted by Crippen LogP contribution is 2.22. The summed E-state index contributed by atoms with van der Waals surface area (Å²) in [6.45, 7) is 0. The van der Waals surface area contributed by atoms with Crippen LogP contribution in [0.3, 0.4) is 0 Å². The van der Waals surface area contributed by atoms with E-state index in [1.807, 2.05) is 0 Å². The first kappa shape index (κ1) is 17.1. The first-order valence-corrected chi connectivity index (χ1v) is 7.35. The molecule has 0 aliphatic heterocycles. The predicted octanol–water partition coefficient (Wildman–Crippen LogP) is 4.29. The zero-order valence-corrected chi connectivity index (χ0v) is 13.3. The van der Waals surface area contributed by atoms with Crippen molar-refractivity contribution in [3.63, 3.8) is 0 Å². The van der Waals surface area contributed by atoms with Gasteiger partial charge in [-0.2, -0.15) is 0 Å². The van der Waals surface area contributed by atoms with E-state index in [1.165, 1.54) is 24.3 Å². The van der Waals surface area contributed by atoms with E-state index in [1.54, 1.807) is 18.2 Å². The minimum Gasteiger partial charge on any atom is -0.299 e.